The molecule has 2 heterocycles. The lowest BCUT2D eigenvalue weighted by Crippen LogP contribution is -2.18. The van der Waals surface area contributed by atoms with Gasteiger partial charge in [-0.15, -0.1) is 0 Å². The van der Waals surface area contributed by atoms with Crippen LogP contribution in [0.1, 0.15) is 0 Å². The highest BCUT2D eigenvalue weighted by Crippen LogP contribution is 2.34. The topological polar surface area (TPSA) is 110 Å². The lowest BCUT2D eigenvalue weighted by molar-refractivity contribution is 0.417. The number of sulfonamides is 1. The van der Waals surface area contributed by atoms with Crippen molar-refractivity contribution in [2.24, 2.45) is 7.05 Å². The Kier molecular flexibility index (Phi) is 5.47. The zero-order valence-electron chi connectivity index (χ0n) is 15.4. The molecule has 0 bridgehead atoms. The zero-order chi connectivity index (χ0) is 19.4. The van der Waals surface area contributed by atoms with E-state index in [1.54, 1.807) is 30.1 Å². The number of hydrogen-bond donors (Lipinski definition) is 3. The fourth-order valence-corrected chi connectivity index (χ4v) is 3.69. The van der Waals surface area contributed by atoms with Crippen molar-refractivity contribution in [2.75, 3.05) is 37.3 Å². The zero-order valence-corrected chi connectivity index (χ0v) is 16.2. The van der Waals surface area contributed by atoms with Crippen LogP contribution >= 0.6 is 0 Å². The molecule has 3 aromatic rings. The predicted molar refractivity (Wildman–Crippen MR) is 105 cm³/mol. The van der Waals surface area contributed by atoms with Crippen molar-refractivity contribution >= 4 is 32.4 Å². The van der Waals surface area contributed by atoms with Gasteiger partial charge in [0.1, 0.15) is 22.2 Å². The predicted octanol–water partition coefficient (Wildman–Crippen LogP) is 1.41. The maximum absolute atomic E-state index is 12.9. The van der Waals surface area contributed by atoms with Gasteiger partial charge in [0.2, 0.25) is 0 Å². The summed E-state index contributed by atoms with van der Waals surface area (Å²) >= 11 is 0. The number of methoxy groups -OCH3 is 1. The molecular weight excluding hydrogens is 368 g/mol. The highest BCUT2D eigenvalue weighted by atomic mass is 32.2. The first-order valence-electron chi connectivity index (χ1n) is 8.32. The number of aromatic nitrogens is 3. The molecule has 0 saturated heterocycles. The first-order valence-corrected chi connectivity index (χ1v) is 9.80. The van der Waals surface area contributed by atoms with Crippen molar-refractivity contribution in [1.29, 1.82) is 0 Å². The van der Waals surface area contributed by atoms with E-state index in [4.69, 9.17) is 4.74 Å². The van der Waals surface area contributed by atoms with Crippen molar-refractivity contribution in [2.45, 2.75) is 4.90 Å². The molecule has 1 aromatic carbocycles. The van der Waals surface area contributed by atoms with E-state index in [0.717, 1.165) is 11.9 Å². The summed E-state index contributed by atoms with van der Waals surface area (Å²) in [5.74, 6) is 1.02. The molecule has 3 N–H and O–H groups in total. The molecule has 3 rings (SSSR count). The summed E-state index contributed by atoms with van der Waals surface area (Å²) in [4.78, 5) is 4.22. The number of benzene rings is 1. The van der Waals surface area contributed by atoms with Gasteiger partial charge in [0.05, 0.1) is 18.8 Å². The first-order chi connectivity index (χ1) is 13.0. The summed E-state index contributed by atoms with van der Waals surface area (Å²) in [5.41, 5.74) is 0.974. The standard InChI is InChI=1S/C17H22N6O3S/c1-18-8-9-19-15-7-5-13(11-20-15)27(24,25)22-16-14(26-3)6-4-12-10-21-23(2)17(12)16/h4-7,10-11,18,22H,8-9H2,1-3H3,(H,19,20). The van der Waals surface area contributed by atoms with E-state index < -0.39 is 10.0 Å². The van der Waals surface area contributed by atoms with Crippen LogP contribution in [-0.2, 0) is 17.1 Å². The number of fused-ring (bicyclic) bond motifs is 1. The van der Waals surface area contributed by atoms with Crippen LogP contribution in [0.2, 0.25) is 0 Å². The normalized spacial score (nSPS) is 11.5. The fraction of sp³-hybridized carbons (Fsp3) is 0.294. The molecule has 0 aliphatic rings. The van der Waals surface area contributed by atoms with Gasteiger partial charge < -0.3 is 15.4 Å². The van der Waals surface area contributed by atoms with Gasteiger partial charge in [0.25, 0.3) is 10.0 Å². The van der Waals surface area contributed by atoms with Gasteiger partial charge in [-0.25, -0.2) is 13.4 Å². The molecule has 144 valence electrons. The molecule has 9 nitrogen and oxygen atoms in total. The van der Waals surface area contributed by atoms with Crippen molar-refractivity contribution in [3.05, 3.63) is 36.7 Å². The minimum absolute atomic E-state index is 0.0582. The van der Waals surface area contributed by atoms with Crippen LogP contribution in [0.3, 0.4) is 0 Å². The number of pyridine rings is 1. The molecule has 0 saturated carbocycles. The third-order valence-corrected chi connectivity index (χ3v) is 5.38. The molecule has 2 aromatic heterocycles. The molecule has 10 heteroatoms. The van der Waals surface area contributed by atoms with Crippen LogP contribution in [0.5, 0.6) is 5.75 Å². The summed E-state index contributed by atoms with van der Waals surface area (Å²) in [7, 11) is 1.24. The van der Waals surface area contributed by atoms with Crippen molar-refractivity contribution in [3.8, 4) is 5.75 Å². The van der Waals surface area contributed by atoms with Crippen LogP contribution in [0, 0.1) is 0 Å². The largest absolute Gasteiger partial charge is 0.494 e. The average molecular weight is 390 g/mol. The lowest BCUT2D eigenvalue weighted by atomic mass is 10.2. The molecule has 27 heavy (non-hydrogen) atoms. The monoisotopic (exact) mass is 390 g/mol. The van der Waals surface area contributed by atoms with E-state index in [2.05, 4.69) is 25.4 Å². The van der Waals surface area contributed by atoms with Gasteiger partial charge in [-0.05, 0) is 31.3 Å². The van der Waals surface area contributed by atoms with Gasteiger partial charge in [-0.2, -0.15) is 5.10 Å². The number of hydrogen-bond acceptors (Lipinski definition) is 7. The second-order valence-corrected chi connectivity index (χ2v) is 7.55. The summed E-state index contributed by atoms with van der Waals surface area (Å²) in [6.07, 6.45) is 2.99. The smallest absolute Gasteiger partial charge is 0.263 e. The third kappa shape index (κ3) is 3.96. The Hall–Kier alpha value is -2.85. The van der Waals surface area contributed by atoms with Crippen molar-refractivity contribution in [3.63, 3.8) is 0 Å². The Morgan fingerprint density at radius 2 is 1.96 bits per heavy atom. The fourth-order valence-electron chi connectivity index (χ4n) is 2.67. The number of likely N-dealkylation sites (N-methyl/N-ethyl adjacent to an activating group) is 1. The third-order valence-electron chi connectivity index (χ3n) is 4.05. The molecule has 0 amide bonds. The SMILES string of the molecule is CNCCNc1ccc(S(=O)(=O)Nc2c(OC)ccc3cnn(C)c23)cn1. The van der Waals surface area contributed by atoms with Gasteiger partial charge in [0.15, 0.2) is 0 Å². The average Bonchev–Trinajstić information content (AvgIpc) is 3.04. The summed E-state index contributed by atoms with van der Waals surface area (Å²) < 4.78 is 35.2. The molecule has 0 atom stereocenters. The molecule has 0 radical (unpaired) electrons. The van der Waals surface area contributed by atoms with E-state index in [0.29, 0.717) is 29.3 Å². The van der Waals surface area contributed by atoms with Crippen LogP contribution in [0.15, 0.2) is 41.6 Å². The van der Waals surface area contributed by atoms with E-state index in [9.17, 15) is 8.42 Å². The van der Waals surface area contributed by atoms with Crippen LogP contribution in [0.25, 0.3) is 10.9 Å². The van der Waals surface area contributed by atoms with Gasteiger partial charge in [-0.3, -0.25) is 9.40 Å². The van der Waals surface area contributed by atoms with Crippen LogP contribution in [0.4, 0.5) is 11.5 Å². The van der Waals surface area contributed by atoms with Gasteiger partial charge >= 0.3 is 0 Å². The maximum atomic E-state index is 12.9. The summed E-state index contributed by atoms with van der Waals surface area (Å²) in [5, 5.41) is 11.1. The maximum Gasteiger partial charge on any atom is 0.263 e. The van der Waals surface area contributed by atoms with Crippen LogP contribution in [-0.4, -0.2) is 50.4 Å². The van der Waals surface area contributed by atoms with Gasteiger partial charge in [-0.1, -0.05) is 0 Å². The van der Waals surface area contributed by atoms with Crippen molar-refractivity contribution < 1.29 is 13.2 Å². The van der Waals surface area contributed by atoms with Gasteiger partial charge in [0, 0.05) is 31.7 Å². The van der Waals surface area contributed by atoms with Crippen molar-refractivity contribution in [1.82, 2.24) is 20.1 Å². The Labute approximate surface area is 157 Å². The molecule has 0 unspecified atom stereocenters. The molecule has 0 spiro atoms. The molecule has 0 fully saturated rings. The van der Waals surface area contributed by atoms with E-state index >= 15 is 0 Å². The number of aryl methyl sites for hydroxylation is 1. The molecular formula is C17H22N6O3S. The van der Waals surface area contributed by atoms with E-state index in [1.807, 2.05) is 13.1 Å². The quantitative estimate of drug-likeness (QED) is 0.499. The summed E-state index contributed by atoms with van der Waals surface area (Å²) in [6.45, 7) is 1.46. The van der Waals surface area contributed by atoms with E-state index in [-0.39, 0.29) is 4.90 Å². The van der Waals surface area contributed by atoms with Crippen LogP contribution < -0.4 is 20.1 Å². The number of nitrogens with zero attached hydrogens (tertiary/aromatic N) is 3. The Bertz CT molecular complexity index is 1030. The lowest BCUT2D eigenvalue weighted by Gasteiger charge is -2.14. The minimum atomic E-state index is -3.85. The highest BCUT2D eigenvalue weighted by molar-refractivity contribution is 7.92. The number of anilines is 2. The summed E-state index contributed by atoms with van der Waals surface area (Å²) in [6, 6.07) is 6.67. The molecule has 0 aliphatic carbocycles. The Morgan fingerprint density at radius 1 is 1.15 bits per heavy atom. The number of rotatable bonds is 8. The highest BCUT2D eigenvalue weighted by Gasteiger charge is 2.20. The molecule has 0 aliphatic heterocycles. The van der Waals surface area contributed by atoms with E-state index in [1.165, 1.54) is 19.4 Å². The Balaban J connectivity index is 1.91. The minimum Gasteiger partial charge on any atom is -0.494 e. The second kappa shape index (κ2) is 7.80. The number of nitrogens with one attached hydrogen (secondary N) is 3. The second-order valence-electron chi connectivity index (χ2n) is 5.86. The number of ether oxygens (including phenoxy) is 1. The Morgan fingerprint density at radius 3 is 2.63 bits per heavy atom. The first kappa shape index (κ1) is 18.9.